The van der Waals surface area contributed by atoms with E-state index in [4.69, 9.17) is 22.3 Å². The van der Waals surface area contributed by atoms with Crippen LogP contribution in [0.2, 0.25) is 0 Å². The second-order valence-corrected chi connectivity index (χ2v) is 7.04. The number of nitrogens with zero attached hydrogens (tertiary/aromatic N) is 1. The number of aliphatic imine (C=N–C) groups is 1. The van der Waals surface area contributed by atoms with Crippen LogP contribution in [0.5, 0.6) is 0 Å². The fourth-order valence-electron chi connectivity index (χ4n) is 2.79. The molecular formula is C20H26ClFN4. The lowest BCUT2D eigenvalue weighted by atomic mass is 9.99. The Morgan fingerprint density at radius 2 is 2.27 bits per heavy atom. The highest BCUT2D eigenvalue weighted by Gasteiger charge is 2.20. The van der Waals surface area contributed by atoms with E-state index in [1.54, 1.807) is 18.4 Å². The number of allylic oxidation sites excluding steroid dienone is 5. The Hall–Kier alpha value is -2.27. The molecular weight excluding hydrogens is 351 g/mol. The summed E-state index contributed by atoms with van der Waals surface area (Å²) in [5.41, 5.74) is 10.9. The number of nitrogens with two attached hydrogens (primary N) is 1. The third-order valence-corrected chi connectivity index (χ3v) is 4.37. The zero-order valence-corrected chi connectivity index (χ0v) is 16.3. The first-order chi connectivity index (χ1) is 12.3. The minimum atomic E-state index is -0.323. The molecule has 0 saturated heterocycles. The van der Waals surface area contributed by atoms with Crippen molar-refractivity contribution in [3.63, 3.8) is 0 Å². The fraction of sp³-hybridized carbons (Fsp3) is 0.350. The number of hydrogen-bond acceptors (Lipinski definition) is 4. The lowest BCUT2D eigenvalue weighted by Gasteiger charge is -2.25. The maximum Gasteiger partial charge on any atom is 0.122 e. The van der Waals surface area contributed by atoms with Gasteiger partial charge in [-0.05, 0) is 44.4 Å². The van der Waals surface area contributed by atoms with Crippen LogP contribution in [0.4, 0.5) is 4.39 Å². The van der Waals surface area contributed by atoms with Crippen LogP contribution in [-0.2, 0) is 0 Å². The summed E-state index contributed by atoms with van der Waals surface area (Å²) in [6, 6.07) is 0.181. The number of rotatable bonds is 6. The Labute approximate surface area is 159 Å². The standard InChI is InChI=1S/C20H26ClFN4/c1-12-8-14(3)26-20(19(12)25-10-13(2)23)15(4)24-11-16-6-5-7-18(22)17(21)9-16/h5-6,9-10,14,24-25H,4,7-8,11,23H2,1-3H3/b13-10+. The topological polar surface area (TPSA) is 62.4 Å². The molecule has 0 fully saturated rings. The summed E-state index contributed by atoms with van der Waals surface area (Å²) in [6.45, 7) is 10.6. The van der Waals surface area contributed by atoms with Gasteiger partial charge in [-0.3, -0.25) is 4.99 Å². The van der Waals surface area contributed by atoms with Crippen LogP contribution in [0.3, 0.4) is 0 Å². The lowest BCUT2D eigenvalue weighted by molar-refractivity contribution is 0.616. The van der Waals surface area contributed by atoms with Crippen molar-refractivity contribution < 1.29 is 4.39 Å². The second-order valence-electron chi connectivity index (χ2n) is 6.63. The van der Waals surface area contributed by atoms with Crippen molar-refractivity contribution in [2.75, 3.05) is 6.54 Å². The van der Waals surface area contributed by atoms with Gasteiger partial charge in [0.2, 0.25) is 0 Å². The summed E-state index contributed by atoms with van der Waals surface area (Å²) in [7, 11) is 0. The average molecular weight is 377 g/mol. The number of nitrogens with one attached hydrogen (secondary N) is 2. The van der Waals surface area contributed by atoms with Crippen molar-refractivity contribution in [2.45, 2.75) is 39.7 Å². The van der Waals surface area contributed by atoms with Crippen LogP contribution in [-0.4, -0.2) is 18.3 Å². The van der Waals surface area contributed by atoms with Gasteiger partial charge in [-0.25, -0.2) is 4.39 Å². The predicted octanol–water partition coefficient (Wildman–Crippen LogP) is 4.31. The maximum atomic E-state index is 13.6. The van der Waals surface area contributed by atoms with Crippen molar-refractivity contribution in [1.82, 2.24) is 10.6 Å². The summed E-state index contributed by atoms with van der Waals surface area (Å²) in [5, 5.41) is 6.65. The molecule has 1 unspecified atom stereocenters. The lowest BCUT2D eigenvalue weighted by Crippen LogP contribution is -2.31. The van der Waals surface area contributed by atoms with E-state index in [0.717, 1.165) is 23.4 Å². The zero-order chi connectivity index (χ0) is 19.3. The molecule has 1 heterocycles. The van der Waals surface area contributed by atoms with E-state index in [2.05, 4.69) is 31.1 Å². The Morgan fingerprint density at radius 1 is 1.54 bits per heavy atom. The Bertz CT molecular complexity index is 765. The molecule has 6 heteroatoms. The first-order valence-corrected chi connectivity index (χ1v) is 8.96. The average Bonchev–Trinajstić information content (AvgIpc) is 2.72. The van der Waals surface area contributed by atoms with Gasteiger partial charge >= 0.3 is 0 Å². The number of hydrogen-bond donors (Lipinski definition) is 3. The molecule has 1 atom stereocenters. The minimum Gasteiger partial charge on any atom is -0.401 e. The Balaban J connectivity index is 2.14. The quantitative estimate of drug-likeness (QED) is 0.647. The highest BCUT2D eigenvalue weighted by molar-refractivity contribution is 6.31. The molecule has 0 aromatic heterocycles. The molecule has 2 aliphatic rings. The van der Waals surface area contributed by atoms with Crippen molar-refractivity contribution in [3.8, 4) is 0 Å². The molecule has 1 aliphatic heterocycles. The third-order valence-electron chi connectivity index (χ3n) is 4.05. The first kappa shape index (κ1) is 20.0. The molecule has 140 valence electrons. The molecule has 26 heavy (non-hydrogen) atoms. The van der Waals surface area contributed by atoms with Gasteiger partial charge in [0.15, 0.2) is 0 Å². The molecule has 0 aromatic carbocycles. The van der Waals surface area contributed by atoms with Gasteiger partial charge in [-0.2, -0.15) is 0 Å². The summed E-state index contributed by atoms with van der Waals surface area (Å²) >= 11 is 5.94. The minimum absolute atomic E-state index is 0.141. The van der Waals surface area contributed by atoms with Crippen molar-refractivity contribution in [3.05, 3.63) is 70.1 Å². The van der Waals surface area contributed by atoms with Gasteiger partial charge in [0.05, 0.1) is 22.5 Å². The molecule has 0 saturated carbocycles. The van der Waals surface area contributed by atoms with E-state index in [1.807, 2.05) is 13.0 Å². The van der Waals surface area contributed by atoms with Crippen LogP contribution in [0.25, 0.3) is 0 Å². The number of dihydropyridines is 1. The molecule has 4 N–H and O–H groups in total. The SMILES string of the molecule is C=C(NCC1=CC(Cl)=C(F)CC=C1)C1=NC(C)CC(C)=C1N/C=C(\C)N. The van der Waals surface area contributed by atoms with Gasteiger partial charge in [-0.15, -0.1) is 0 Å². The van der Waals surface area contributed by atoms with Gasteiger partial charge in [0.1, 0.15) is 11.5 Å². The highest BCUT2D eigenvalue weighted by atomic mass is 35.5. The molecule has 0 amide bonds. The molecule has 2 rings (SSSR count). The largest absolute Gasteiger partial charge is 0.401 e. The van der Waals surface area contributed by atoms with Crippen LogP contribution in [0.1, 0.15) is 33.6 Å². The Morgan fingerprint density at radius 3 is 2.96 bits per heavy atom. The summed E-state index contributed by atoms with van der Waals surface area (Å²) in [6.07, 6.45) is 8.09. The summed E-state index contributed by atoms with van der Waals surface area (Å²) < 4.78 is 13.6. The fourth-order valence-corrected chi connectivity index (χ4v) is 3.00. The smallest absolute Gasteiger partial charge is 0.122 e. The van der Waals surface area contributed by atoms with E-state index >= 15 is 0 Å². The predicted molar refractivity (Wildman–Crippen MR) is 108 cm³/mol. The van der Waals surface area contributed by atoms with Gasteiger partial charge in [0.25, 0.3) is 0 Å². The van der Waals surface area contributed by atoms with E-state index in [-0.39, 0.29) is 23.3 Å². The van der Waals surface area contributed by atoms with Gasteiger partial charge in [0, 0.05) is 24.9 Å². The molecule has 1 aliphatic carbocycles. The van der Waals surface area contributed by atoms with E-state index in [0.29, 0.717) is 17.9 Å². The van der Waals surface area contributed by atoms with Crippen LogP contribution < -0.4 is 16.4 Å². The van der Waals surface area contributed by atoms with Crippen LogP contribution in [0, 0.1) is 0 Å². The normalized spacial score (nSPS) is 21.3. The summed E-state index contributed by atoms with van der Waals surface area (Å²) in [5.74, 6) is -0.323. The highest BCUT2D eigenvalue weighted by Crippen LogP contribution is 2.23. The van der Waals surface area contributed by atoms with Crippen molar-refractivity contribution >= 4 is 17.3 Å². The molecule has 0 aromatic rings. The molecule has 0 spiro atoms. The zero-order valence-electron chi connectivity index (χ0n) is 15.5. The van der Waals surface area contributed by atoms with E-state index < -0.39 is 0 Å². The van der Waals surface area contributed by atoms with E-state index in [9.17, 15) is 4.39 Å². The summed E-state index contributed by atoms with van der Waals surface area (Å²) in [4.78, 5) is 4.73. The number of halogens is 2. The molecule has 4 nitrogen and oxygen atoms in total. The maximum absolute atomic E-state index is 13.6. The van der Waals surface area contributed by atoms with Gasteiger partial charge in [-0.1, -0.05) is 30.3 Å². The van der Waals surface area contributed by atoms with E-state index in [1.165, 1.54) is 5.57 Å². The van der Waals surface area contributed by atoms with Gasteiger partial charge < -0.3 is 16.4 Å². The first-order valence-electron chi connectivity index (χ1n) is 8.59. The monoisotopic (exact) mass is 376 g/mol. The van der Waals surface area contributed by atoms with Crippen LogP contribution in [0.15, 0.2) is 75.1 Å². The second kappa shape index (κ2) is 8.90. The Kier molecular flexibility index (Phi) is 6.86. The molecule has 0 radical (unpaired) electrons. The van der Waals surface area contributed by atoms with Crippen LogP contribution >= 0.6 is 11.6 Å². The van der Waals surface area contributed by atoms with Crippen molar-refractivity contribution in [1.29, 1.82) is 0 Å². The third kappa shape index (κ3) is 5.36. The molecule has 0 bridgehead atoms. The van der Waals surface area contributed by atoms with Crippen molar-refractivity contribution in [2.24, 2.45) is 10.7 Å².